The molecule has 1 saturated carbocycles. The highest BCUT2D eigenvalue weighted by Crippen LogP contribution is 2.41. The molecular formula is C17H22ClN3O. The zero-order valence-corrected chi connectivity index (χ0v) is 13.9. The normalized spacial score (nSPS) is 17.3. The van der Waals surface area contributed by atoms with Crippen molar-refractivity contribution in [1.29, 1.82) is 0 Å². The minimum absolute atomic E-state index is 0.282. The second-order valence-corrected chi connectivity index (χ2v) is 6.67. The summed E-state index contributed by atoms with van der Waals surface area (Å²) in [4.78, 5) is 4.68. The number of aromatic nitrogens is 2. The highest BCUT2D eigenvalue weighted by atomic mass is 35.5. The summed E-state index contributed by atoms with van der Waals surface area (Å²) in [6.45, 7) is 4.28. The van der Waals surface area contributed by atoms with E-state index in [2.05, 4.69) is 24.0 Å². The van der Waals surface area contributed by atoms with Crippen LogP contribution >= 0.6 is 11.6 Å². The van der Waals surface area contributed by atoms with Crippen molar-refractivity contribution in [3.8, 4) is 0 Å². The number of benzene rings is 1. The van der Waals surface area contributed by atoms with Crippen LogP contribution in [0.4, 0.5) is 0 Å². The van der Waals surface area contributed by atoms with Gasteiger partial charge < -0.3 is 10.3 Å². The van der Waals surface area contributed by atoms with E-state index in [0.717, 1.165) is 42.7 Å². The van der Waals surface area contributed by atoms with Crippen LogP contribution in [0.25, 0.3) is 0 Å². The monoisotopic (exact) mass is 319 g/mol. The summed E-state index contributed by atoms with van der Waals surface area (Å²) in [5, 5.41) is 4.91. The predicted molar refractivity (Wildman–Crippen MR) is 86.8 cm³/mol. The van der Waals surface area contributed by atoms with Gasteiger partial charge in [-0.2, -0.15) is 4.98 Å². The molecule has 0 atom stereocenters. The molecule has 0 bridgehead atoms. The minimum atomic E-state index is -0.394. The predicted octanol–water partition coefficient (Wildman–Crippen LogP) is 4.17. The van der Waals surface area contributed by atoms with E-state index in [1.165, 1.54) is 0 Å². The lowest BCUT2D eigenvalue weighted by Gasteiger charge is -2.34. The molecule has 1 fully saturated rings. The van der Waals surface area contributed by atoms with Gasteiger partial charge in [0.25, 0.3) is 0 Å². The Hall–Kier alpha value is -1.39. The zero-order valence-electron chi connectivity index (χ0n) is 13.1. The summed E-state index contributed by atoms with van der Waals surface area (Å²) in [5.41, 5.74) is 6.79. The van der Waals surface area contributed by atoms with Crippen molar-refractivity contribution in [2.45, 2.75) is 56.9 Å². The van der Waals surface area contributed by atoms with E-state index in [4.69, 9.17) is 21.9 Å². The molecule has 0 aliphatic heterocycles. The summed E-state index contributed by atoms with van der Waals surface area (Å²) in [6, 6.07) is 7.90. The fraction of sp³-hybridized carbons (Fsp3) is 0.529. The molecule has 1 aliphatic carbocycles. The molecule has 0 saturated heterocycles. The van der Waals surface area contributed by atoms with Gasteiger partial charge in [-0.25, -0.2) is 0 Å². The van der Waals surface area contributed by atoms with Crippen molar-refractivity contribution in [2.24, 2.45) is 5.73 Å². The van der Waals surface area contributed by atoms with E-state index < -0.39 is 5.54 Å². The fourth-order valence-corrected chi connectivity index (χ4v) is 3.38. The van der Waals surface area contributed by atoms with E-state index in [1.54, 1.807) is 0 Å². The molecule has 1 aromatic heterocycles. The Morgan fingerprint density at radius 1 is 1.23 bits per heavy atom. The SMILES string of the molecule is CCC(CC)(c1ccc(Cl)cc1)c1nc(C2(N)CCC2)no1. The lowest BCUT2D eigenvalue weighted by molar-refractivity contribution is 0.227. The van der Waals surface area contributed by atoms with Gasteiger partial charge in [0.1, 0.15) is 0 Å². The van der Waals surface area contributed by atoms with Crippen LogP contribution in [0.1, 0.15) is 63.2 Å². The van der Waals surface area contributed by atoms with Gasteiger partial charge in [0.05, 0.1) is 11.0 Å². The Bertz CT molecular complexity index is 642. The molecule has 1 heterocycles. The van der Waals surface area contributed by atoms with Crippen molar-refractivity contribution in [3.63, 3.8) is 0 Å². The van der Waals surface area contributed by atoms with E-state index in [-0.39, 0.29) is 5.41 Å². The third-order valence-electron chi connectivity index (χ3n) is 5.13. The quantitative estimate of drug-likeness (QED) is 0.898. The molecule has 22 heavy (non-hydrogen) atoms. The van der Waals surface area contributed by atoms with Gasteiger partial charge >= 0.3 is 0 Å². The largest absolute Gasteiger partial charge is 0.338 e. The maximum atomic E-state index is 6.32. The molecule has 4 nitrogen and oxygen atoms in total. The standard InChI is InChI=1S/C17H22ClN3O/c1-3-16(4-2,12-6-8-13(18)9-7-12)15-20-14(21-22-15)17(19)10-5-11-17/h6-9H,3-5,10-11,19H2,1-2H3. The first kappa shape index (κ1) is 15.5. The first-order chi connectivity index (χ1) is 10.5. The molecule has 0 unspecified atom stereocenters. The molecule has 0 amide bonds. The highest BCUT2D eigenvalue weighted by molar-refractivity contribution is 6.30. The number of halogens is 1. The molecule has 0 radical (unpaired) electrons. The first-order valence-electron chi connectivity index (χ1n) is 7.93. The van der Waals surface area contributed by atoms with E-state index in [0.29, 0.717) is 11.7 Å². The summed E-state index contributed by atoms with van der Waals surface area (Å²) < 4.78 is 5.64. The number of nitrogens with zero attached hydrogens (tertiary/aromatic N) is 2. The molecule has 0 spiro atoms. The summed E-state index contributed by atoms with van der Waals surface area (Å²) in [6.07, 6.45) is 4.75. The minimum Gasteiger partial charge on any atom is -0.338 e. The molecular weight excluding hydrogens is 298 g/mol. The Morgan fingerprint density at radius 3 is 2.36 bits per heavy atom. The van der Waals surface area contributed by atoms with Gasteiger partial charge in [0.2, 0.25) is 5.89 Å². The molecule has 2 N–H and O–H groups in total. The van der Waals surface area contributed by atoms with Crippen LogP contribution in [0.2, 0.25) is 5.02 Å². The van der Waals surface area contributed by atoms with Crippen molar-refractivity contribution < 1.29 is 4.52 Å². The summed E-state index contributed by atoms with van der Waals surface area (Å²) in [7, 11) is 0. The van der Waals surface area contributed by atoms with Gasteiger partial charge in [0, 0.05) is 5.02 Å². The van der Waals surface area contributed by atoms with Gasteiger partial charge in [-0.1, -0.05) is 42.7 Å². The third kappa shape index (κ3) is 2.34. The van der Waals surface area contributed by atoms with Crippen molar-refractivity contribution in [3.05, 3.63) is 46.6 Å². The van der Waals surface area contributed by atoms with Crippen LogP contribution in [0.3, 0.4) is 0 Å². The van der Waals surface area contributed by atoms with Crippen LogP contribution in [0, 0.1) is 0 Å². The van der Waals surface area contributed by atoms with Crippen LogP contribution in [-0.2, 0) is 11.0 Å². The lowest BCUT2D eigenvalue weighted by Crippen LogP contribution is -2.44. The number of rotatable bonds is 5. The fourth-order valence-electron chi connectivity index (χ4n) is 3.25. The smallest absolute Gasteiger partial charge is 0.237 e. The van der Waals surface area contributed by atoms with Crippen LogP contribution in [0.15, 0.2) is 28.8 Å². The third-order valence-corrected chi connectivity index (χ3v) is 5.38. The Labute approximate surface area is 136 Å². The van der Waals surface area contributed by atoms with Crippen molar-refractivity contribution in [2.75, 3.05) is 0 Å². The highest BCUT2D eigenvalue weighted by Gasteiger charge is 2.42. The van der Waals surface area contributed by atoms with E-state index >= 15 is 0 Å². The van der Waals surface area contributed by atoms with Gasteiger partial charge in [0.15, 0.2) is 5.82 Å². The maximum absolute atomic E-state index is 6.32. The van der Waals surface area contributed by atoms with Crippen molar-refractivity contribution >= 4 is 11.6 Å². The maximum Gasteiger partial charge on any atom is 0.237 e. The van der Waals surface area contributed by atoms with Crippen LogP contribution in [0.5, 0.6) is 0 Å². The summed E-state index contributed by atoms with van der Waals surface area (Å²) in [5.74, 6) is 1.31. The van der Waals surface area contributed by atoms with Crippen molar-refractivity contribution in [1.82, 2.24) is 10.1 Å². The second kappa shape index (κ2) is 5.67. The Kier molecular flexibility index (Phi) is 4.00. The molecule has 118 valence electrons. The molecule has 3 rings (SSSR count). The van der Waals surface area contributed by atoms with Gasteiger partial charge in [-0.3, -0.25) is 0 Å². The Balaban J connectivity index is 2.02. The molecule has 2 aromatic rings. The number of nitrogens with two attached hydrogens (primary N) is 1. The van der Waals surface area contributed by atoms with E-state index in [9.17, 15) is 0 Å². The Morgan fingerprint density at radius 2 is 1.86 bits per heavy atom. The number of hydrogen-bond donors (Lipinski definition) is 1. The first-order valence-corrected chi connectivity index (χ1v) is 8.31. The molecule has 1 aromatic carbocycles. The van der Waals surface area contributed by atoms with E-state index in [1.807, 2.05) is 24.3 Å². The lowest BCUT2D eigenvalue weighted by atomic mass is 9.75. The molecule has 1 aliphatic rings. The van der Waals surface area contributed by atoms with Crippen LogP contribution in [-0.4, -0.2) is 10.1 Å². The van der Waals surface area contributed by atoms with Gasteiger partial charge in [-0.05, 0) is 49.8 Å². The molecule has 5 heteroatoms. The average Bonchev–Trinajstić information content (AvgIpc) is 2.99. The number of hydrogen-bond acceptors (Lipinski definition) is 4. The van der Waals surface area contributed by atoms with Gasteiger partial charge in [-0.15, -0.1) is 0 Å². The summed E-state index contributed by atoms with van der Waals surface area (Å²) >= 11 is 6.02. The second-order valence-electron chi connectivity index (χ2n) is 6.23. The average molecular weight is 320 g/mol. The zero-order chi connectivity index (χ0) is 15.8. The topological polar surface area (TPSA) is 64.9 Å². The van der Waals surface area contributed by atoms with Crippen LogP contribution < -0.4 is 5.73 Å².